The fourth-order valence-corrected chi connectivity index (χ4v) is 3.89. The van der Waals surface area contributed by atoms with E-state index in [1.165, 1.54) is 26.2 Å². The smallest absolute Gasteiger partial charge is 0.309 e. The Hall–Kier alpha value is -2.88. The van der Waals surface area contributed by atoms with Gasteiger partial charge in [0.25, 0.3) is 6.29 Å². The lowest BCUT2D eigenvalue weighted by Gasteiger charge is -2.40. The number of carbonyl (C=O) groups excluding carboxylic acids is 4. The molecule has 1 aliphatic heterocycles. The molecule has 10 nitrogen and oxygen atoms in total. The summed E-state index contributed by atoms with van der Waals surface area (Å²) in [7, 11) is 0. The van der Waals surface area contributed by atoms with Crippen LogP contribution in [0.2, 0.25) is 0 Å². The molecule has 0 bridgehead atoms. The molecule has 2 rings (SSSR count). The minimum absolute atomic E-state index is 0.0115. The molecule has 1 heterocycles. The van der Waals surface area contributed by atoms with Gasteiger partial charge in [-0.1, -0.05) is 34.1 Å². The molecule has 0 saturated carbocycles. The minimum atomic E-state index is -2.00. The van der Waals surface area contributed by atoms with Crippen LogP contribution in [0.15, 0.2) is 23.5 Å². The Bertz CT molecular complexity index is 873. The summed E-state index contributed by atoms with van der Waals surface area (Å²) in [5, 5.41) is 11.8. The zero-order chi connectivity index (χ0) is 26.3. The zero-order valence-corrected chi connectivity index (χ0v) is 21.2. The lowest BCUT2D eigenvalue weighted by atomic mass is 9.82. The third-order valence-corrected chi connectivity index (χ3v) is 5.92. The van der Waals surface area contributed by atoms with Crippen LogP contribution in [0.4, 0.5) is 0 Å². The van der Waals surface area contributed by atoms with E-state index in [0.717, 1.165) is 6.42 Å². The van der Waals surface area contributed by atoms with Crippen LogP contribution in [-0.2, 0) is 42.9 Å². The van der Waals surface area contributed by atoms with Gasteiger partial charge in [-0.3, -0.25) is 19.2 Å². The van der Waals surface area contributed by atoms with Gasteiger partial charge in [-0.2, -0.15) is 0 Å². The second kappa shape index (κ2) is 12.2. The van der Waals surface area contributed by atoms with Crippen LogP contribution in [0, 0.1) is 17.8 Å². The van der Waals surface area contributed by atoms with E-state index < -0.39 is 54.4 Å². The van der Waals surface area contributed by atoms with Crippen molar-refractivity contribution in [2.24, 2.45) is 17.8 Å². The van der Waals surface area contributed by atoms with Crippen LogP contribution in [-0.4, -0.2) is 60.2 Å². The highest BCUT2D eigenvalue weighted by atomic mass is 16.7. The van der Waals surface area contributed by atoms with Crippen LogP contribution < -0.4 is 0 Å². The number of hydrogen-bond acceptors (Lipinski definition) is 10. The number of fused-ring (bicyclic) bond motifs is 1. The zero-order valence-electron chi connectivity index (χ0n) is 21.2. The van der Waals surface area contributed by atoms with Gasteiger partial charge in [0.05, 0.1) is 12.2 Å². The first-order valence-electron chi connectivity index (χ1n) is 11.8. The second-order valence-electron chi connectivity index (χ2n) is 9.51. The summed E-state index contributed by atoms with van der Waals surface area (Å²) in [5.74, 6) is -3.26. The number of esters is 4. The van der Waals surface area contributed by atoms with E-state index in [0.29, 0.717) is 11.1 Å². The van der Waals surface area contributed by atoms with Gasteiger partial charge in [-0.25, -0.2) is 0 Å². The summed E-state index contributed by atoms with van der Waals surface area (Å²) in [6.07, 6.45) is 1.29. The van der Waals surface area contributed by atoms with Gasteiger partial charge in [0.15, 0.2) is 11.7 Å². The molecule has 1 aliphatic carbocycles. The first-order chi connectivity index (χ1) is 16.4. The monoisotopic (exact) mass is 496 g/mol. The van der Waals surface area contributed by atoms with E-state index in [1.807, 2.05) is 27.7 Å². The average molecular weight is 497 g/mol. The van der Waals surface area contributed by atoms with Gasteiger partial charge in [0, 0.05) is 32.3 Å². The molecule has 0 aromatic carbocycles. The van der Waals surface area contributed by atoms with Crippen molar-refractivity contribution in [3.05, 3.63) is 23.5 Å². The third kappa shape index (κ3) is 7.55. The molecule has 0 saturated heterocycles. The SMILES string of the molecule is CC[C@@H](C)CC(=O)O[C@@H]1OC=C(COC(C)=O)C2=C[C@H](OC(=O)CC(C)C)[C@](O)(COC(C)=O)[C@H]21. The summed E-state index contributed by atoms with van der Waals surface area (Å²) in [6, 6.07) is 0. The summed E-state index contributed by atoms with van der Waals surface area (Å²) < 4.78 is 27.0. The third-order valence-electron chi connectivity index (χ3n) is 5.92. The van der Waals surface area contributed by atoms with Gasteiger partial charge < -0.3 is 28.8 Å². The lowest BCUT2D eigenvalue weighted by Crippen LogP contribution is -2.55. The first kappa shape index (κ1) is 28.4. The van der Waals surface area contributed by atoms with Crippen molar-refractivity contribution in [2.75, 3.05) is 13.2 Å². The average Bonchev–Trinajstić information content (AvgIpc) is 3.03. The largest absolute Gasteiger partial charge is 0.463 e. The van der Waals surface area contributed by atoms with E-state index in [2.05, 4.69) is 0 Å². The Morgan fingerprint density at radius 1 is 1.03 bits per heavy atom. The van der Waals surface area contributed by atoms with Gasteiger partial charge in [0.2, 0.25) is 0 Å². The quantitative estimate of drug-likeness (QED) is 0.336. The fourth-order valence-electron chi connectivity index (χ4n) is 3.89. The standard InChI is InChI=1S/C25H36O10/c1-7-15(4)9-22(29)35-24-23-19(18(12-32-24)11-31-16(5)26)10-20(34-21(28)8-14(2)3)25(23,30)13-33-17(6)27/h10,12,14-15,20,23-24,30H,7-9,11,13H2,1-6H3/t15-,20+,23-,24+,25-/m1/s1. The van der Waals surface area contributed by atoms with Crippen molar-refractivity contribution < 1.29 is 48.0 Å². The highest BCUT2D eigenvalue weighted by Gasteiger charge is 2.59. The van der Waals surface area contributed by atoms with Crippen molar-refractivity contribution in [1.82, 2.24) is 0 Å². The Morgan fingerprint density at radius 3 is 2.23 bits per heavy atom. The molecular formula is C25H36O10. The molecule has 35 heavy (non-hydrogen) atoms. The molecule has 0 unspecified atom stereocenters. The molecule has 2 aliphatic rings. The van der Waals surface area contributed by atoms with E-state index in [4.69, 9.17) is 23.7 Å². The molecule has 0 aromatic heterocycles. The molecule has 10 heteroatoms. The molecule has 0 amide bonds. The first-order valence-corrected chi connectivity index (χ1v) is 11.8. The number of carbonyl (C=O) groups is 4. The van der Waals surface area contributed by atoms with Gasteiger partial charge >= 0.3 is 23.9 Å². The maximum atomic E-state index is 12.6. The summed E-state index contributed by atoms with van der Waals surface area (Å²) in [6.45, 7) is 9.25. The van der Waals surface area contributed by atoms with Gasteiger partial charge in [-0.05, 0) is 23.5 Å². The Morgan fingerprint density at radius 2 is 1.66 bits per heavy atom. The van der Waals surface area contributed by atoms with Crippen molar-refractivity contribution >= 4 is 23.9 Å². The Labute approximate surface area is 205 Å². The highest BCUT2D eigenvalue weighted by Crippen LogP contribution is 2.47. The van der Waals surface area contributed by atoms with E-state index in [9.17, 15) is 24.3 Å². The lowest BCUT2D eigenvalue weighted by molar-refractivity contribution is -0.217. The van der Waals surface area contributed by atoms with Crippen molar-refractivity contribution in [2.45, 2.75) is 78.8 Å². The van der Waals surface area contributed by atoms with E-state index in [-0.39, 0.29) is 31.3 Å². The number of aliphatic hydroxyl groups is 1. The maximum absolute atomic E-state index is 12.6. The molecule has 196 valence electrons. The maximum Gasteiger partial charge on any atom is 0.309 e. The second-order valence-corrected chi connectivity index (χ2v) is 9.51. The Kier molecular flexibility index (Phi) is 9.88. The molecule has 0 radical (unpaired) electrons. The van der Waals surface area contributed by atoms with Crippen LogP contribution in [0.1, 0.15) is 60.8 Å². The van der Waals surface area contributed by atoms with E-state index in [1.54, 1.807) is 0 Å². The molecular weight excluding hydrogens is 460 g/mol. The summed E-state index contributed by atoms with van der Waals surface area (Å²) in [4.78, 5) is 48.0. The topological polar surface area (TPSA) is 135 Å². The number of ether oxygens (including phenoxy) is 5. The highest BCUT2D eigenvalue weighted by molar-refractivity contribution is 5.71. The fraction of sp³-hybridized carbons (Fsp3) is 0.680. The predicted molar refractivity (Wildman–Crippen MR) is 122 cm³/mol. The molecule has 1 N–H and O–H groups in total. The summed E-state index contributed by atoms with van der Waals surface area (Å²) >= 11 is 0. The van der Waals surface area contributed by atoms with Gasteiger partial charge in [0.1, 0.15) is 13.2 Å². The van der Waals surface area contributed by atoms with E-state index >= 15 is 0 Å². The number of hydrogen-bond donors (Lipinski definition) is 1. The molecule has 0 fully saturated rings. The van der Waals surface area contributed by atoms with Crippen molar-refractivity contribution in [1.29, 1.82) is 0 Å². The van der Waals surface area contributed by atoms with Crippen LogP contribution in [0.25, 0.3) is 0 Å². The minimum Gasteiger partial charge on any atom is -0.463 e. The van der Waals surface area contributed by atoms with Crippen molar-refractivity contribution in [3.8, 4) is 0 Å². The van der Waals surface area contributed by atoms with Crippen molar-refractivity contribution in [3.63, 3.8) is 0 Å². The Balaban J connectivity index is 2.44. The summed E-state index contributed by atoms with van der Waals surface area (Å²) in [5.41, 5.74) is -1.19. The molecule has 0 spiro atoms. The normalized spacial score (nSPS) is 26.0. The van der Waals surface area contributed by atoms with Gasteiger partial charge in [-0.15, -0.1) is 0 Å². The molecule has 0 aromatic rings. The predicted octanol–water partition coefficient (Wildman–Crippen LogP) is 2.58. The molecule has 5 atom stereocenters. The number of rotatable bonds is 11. The van der Waals surface area contributed by atoms with Crippen LogP contribution in [0.5, 0.6) is 0 Å². The van der Waals surface area contributed by atoms with Crippen LogP contribution in [0.3, 0.4) is 0 Å². The van der Waals surface area contributed by atoms with Crippen LogP contribution >= 0.6 is 0 Å².